The van der Waals surface area contributed by atoms with Gasteiger partial charge in [-0.1, -0.05) is 63.6 Å². The van der Waals surface area contributed by atoms with Gasteiger partial charge in [0.15, 0.2) is 11.5 Å². The molecule has 0 fully saturated rings. The molecule has 2 heterocycles. The molecule has 178 valence electrons. The normalized spacial score (nSPS) is 14.7. The number of aryl methyl sites for hydroxylation is 1. The highest BCUT2D eigenvalue weighted by Crippen LogP contribution is 2.37. The van der Waals surface area contributed by atoms with Crippen LogP contribution in [0, 0.1) is 6.92 Å². The van der Waals surface area contributed by atoms with Crippen molar-refractivity contribution in [3.05, 3.63) is 59.4 Å². The molecule has 0 spiro atoms. The Labute approximate surface area is 196 Å². The second-order valence-electron chi connectivity index (χ2n) is 8.23. The van der Waals surface area contributed by atoms with Gasteiger partial charge in [0.25, 0.3) is 15.9 Å². The average Bonchev–Trinajstić information content (AvgIpc) is 2.79. The molecule has 1 aromatic heterocycles. The summed E-state index contributed by atoms with van der Waals surface area (Å²) in [7, 11) is -2.51. The van der Waals surface area contributed by atoms with Gasteiger partial charge in [-0.05, 0) is 37.6 Å². The number of nitrogens with zero attached hydrogens (tertiary/aromatic N) is 2. The van der Waals surface area contributed by atoms with Crippen LogP contribution in [0.3, 0.4) is 0 Å². The number of pyridine rings is 1. The molecule has 0 atom stereocenters. The summed E-state index contributed by atoms with van der Waals surface area (Å²) < 4.78 is 33.3. The number of aromatic nitrogens is 1. The first-order valence-corrected chi connectivity index (χ1v) is 13.0. The Morgan fingerprint density at radius 1 is 1.00 bits per heavy atom. The molecular formula is C25H33N3O4S. The number of rotatable bonds is 11. The van der Waals surface area contributed by atoms with Crippen LogP contribution in [0.5, 0.6) is 0 Å². The van der Waals surface area contributed by atoms with Gasteiger partial charge < -0.3 is 10.1 Å². The number of fused-ring (bicyclic) bond motifs is 1. The average molecular weight is 472 g/mol. The molecule has 33 heavy (non-hydrogen) atoms. The molecule has 1 N–H and O–H groups in total. The van der Waals surface area contributed by atoms with Crippen molar-refractivity contribution >= 4 is 27.5 Å². The van der Waals surface area contributed by atoms with Crippen molar-refractivity contribution < 1.29 is 17.9 Å². The fourth-order valence-electron chi connectivity index (χ4n) is 3.83. The van der Waals surface area contributed by atoms with Gasteiger partial charge in [-0.25, -0.2) is 13.4 Å². The quantitative estimate of drug-likeness (QED) is 0.461. The number of hydrogen-bond donors (Lipinski definition) is 1. The van der Waals surface area contributed by atoms with E-state index >= 15 is 0 Å². The summed E-state index contributed by atoms with van der Waals surface area (Å²) >= 11 is 0. The lowest BCUT2D eigenvalue weighted by atomic mass is 10.1. The van der Waals surface area contributed by atoms with Crippen molar-refractivity contribution in [2.75, 3.05) is 19.0 Å². The lowest BCUT2D eigenvalue weighted by Gasteiger charge is -2.30. The van der Waals surface area contributed by atoms with Crippen molar-refractivity contribution in [3.8, 4) is 0 Å². The molecule has 0 aliphatic carbocycles. The molecule has 1 amide bonds. The Bertz CT molecular complexity index is 1110. The minimum absolute atomic E-state index is 0.0417. The van der Waals surface area contributed by atoms with Gasteiger partial charge in [-0.2, -0.15) is 0 Å². The van der Waals surface area contributed by atoms with Gasteiger partial charge in [-0.3, -0.25) is 9.10 Å². The first-order chi connectivity index (χ1) is 15.9. The first kappa shape index (κ1) is 24.8. The van der Waals surface area contributed by atoms with E-state index in [1.165, 1.54) is 38.8 Å². The summed E-state index contributed by atoms with van der Waals surface area (Å²) in [6, 6.07) is 11.9. The third-order valence-electron chi connectivity index (χ3n) is 5.64. The topological polar surface area (TPSA) is 88.6 Å². The summed E-state index contributed by atoms with van der Waals surface area (Å²) in [6.45, 7) is 4.42. The second-order valence-corrected chi connectivity index (χ2v) is 10.2. The van der Waals surface area contributed by atoms with Crippen LogP contribution in [-0.4, -0.2) is 37.3 Å². The highest BCUT2D eigenvalue weighted by molar-refractivity contribution is 7.89. The fourth-order valence-corrected chi connectivity index (χ4v) is 5.22. The summed E-state index contributed by atoms with van der Waals surface area (Å²) in [5.41, 5.74) is 1.10. The molecule has 0 radical (unpaired) electrons. The van der Waals surface area contributed by atoms with Crippen LogP contribution >= 0.6 is 0 Å². The third-order valence-corrected chi connectivity index (χ3v) is 7.45. The molecule has 1 aliphatic rings. The Morgan fingerprint density at radius 2 is 1.70 bits per heavy atom. The monoisotopic (exact) mass is 471 g/mol. The van der Waals surface area contributed by atoms with E-state index in [4.69, 9.17) is 4.74 Å². The zero-order chi connectivity index (χ0) is 23.8. The first-order valence-electron chi connectivity index (χ1n) is 11.6. The van der Waals surface area contributed by atoms with Crippen LogP contribution in [0.2, 0.25) is 0 Å². The summed E-state index contributed by atoms with van der Waals surface area (Å²) in [5, 5.41) is 2.72. The van der Waals surface area contributed by atoms with E-state index in [1.807, 2.05) is 13.0 Å². The molecule has 1 aromatic carbocycles. The number of sulfonamides is 1. The number of amides is 1. The number of hydrogen-bond acceptors (Lipinski definition) is 5. The summed E-state index contributed by atoms with van der Waals surface area (Å²) in [5.74, 6) is 0.0471. The van der Waals surface area contributed by atoms with E-state index < -0.39 is 15.9 Å². The van der Waals surface area contributed by atoms with E-state index in [2.05, 4.69) is 17.2 Å². The zero-order valence-electron chi connectivity index (χ0n) is 19.6. The number of likely N-dealkylation sites (N-methyl/N-ethyl adjacent to an activating group) is 1. The van der Waals surface area contributed by atoms with Crippen LogP contribution in [0.15, 0.2) is 53.1 Å². The number of benzene rings is 1. The van der Waals surface area contributed by atoms with E-state index in [0.717, 1.165) is 29.3 Å². The van der Waals surface area contributed by atoms with E-state index in [0.29, 0.717) is 18.0 Å². The van der Waals surface area contributed by atoms with Gasteiger partial charge in [0.2, 0.25) is 0 Å². The number of anilines is 1. The Hall–Kier alpha value is -2.87. The molecule has 3 rings (SSSR count). The maximum absolute atomic E-state index is 13.2. The minimum atomic E-state index is -3.88. The molecule has 0 saturated heterocycles. The lowest BCUT2D eigenvalue weighted by Crippen LogP contribution is -2.37. The summed E-state index contributed by atoms with van der Waals surface area (Å²) in [6.07, 6.45) is 7.93. The van der Waals surface area contributed by atoms with Crippen LogP contribution in [-0.2, 0) is 19.6 Å². The molecule has 2 aromatic rings. The highest BCUT2D eigenvalue weighted by Gasteiger charge is 2.38. The molecule has 1 aliphatic heterocycles. The van der Waals surface area contributed by atoms with Crippen molar-refractivity contribution in [1.82, 2.24) is 9.29 Å². The van der Waals surface area contributed by atoms with Crippen molar-refractivity contribution in [2.24, 2.45) is 0 Å². The van der Waals surface area contributed by atoms with Gasteiger partial charge in [0, 0.05) is 18.3 Å². The van der Waals surface area contributed by atoms with Gasteiger partial charge in [-0.15, -0.1) is 0 Å². The van der Waals surface area contributed by atoms with Crippen molar-refractivity contribution in [1.29, 1.82) is 0 Å². The Morgan fingerprint density at radius 3 is 2.42 bits per heavy atom. The molecule has 0 saturated carbocycles. The predicted molar refractivity (Wildman–Crippen MR) is 130 cm³/mol. The van der Waals surface area contributed by atoms with Crippen LogP contribution in [0.4, 0.5) is 5.82 Å². The zero-order valence-corrected chi connectivity index (χ0v) is 20.5. The standard InChI is InChI=1S/C25H33N3O4S/c1-4-5-6-7-8-9-12-18-32-24-20-15-10-11-16-21(20)33(30,31)28(3)23(24)25(29)27-22-17-13-14-19(2)26-22/h10-11,13-17H,4-9,12,18H2,1-3H3,(H,26,27,29). The Kier molecular flexibility index (Phi) is 8.49. The molecule has 8 heteroatoms. The van der Waals surface area contributed by atoms with E-state index in [9.17, 15) is 13.2 Å². The number of nitrogens with one attached hydrogen (secondary N) is 1. The van der Waals surface area contributed by atoms with Gasteiger partial charge in [0.05, 0.1) is 11.5 Å². The van der Waals surface area contributed by atoms with Gasteiger partial charge in [0.1, 0.15) is 5.82 Å². The van der Waals surface area contributed by atoms with Gasteiger partial charge >= 0.3 is 0 Å². The molecule has 0 bridgehead atoms. The molecule has 0 unspecified atom stereocenters. The smallest absolute Gasteiger partial charge is 0.277 e. The van der Waals surface area contributed by atoms with Crippen molar-refractivity contribution in [2.45, 2.75) is 63.7 Å². The third kappa shape index (κ3) is 5.93. The molecular weight excluding hydrogens is 438 g/mol. The van der Waals surface area contributed by atoms with Crippen LogP contribution in [0.1, 0.15) is 63.1 Å². The largest absolute Gasteiger partial charge is 0.490 e. The van der Waals surface area contributed by atoms with E-state index in [1.54, 1.807) is 30.3 Å². The fraction of sp³-hybridized carbons (Fsp3) is 0.440. The summed E-state index contributed by atoms with van der Waals surface area (Å²) in [4.78, 5) is 17.7. The second kappa shape index (κ2) is 11.3. The highest BCUT2D eigenvalue weighted by atomic mass is 32.2. The Balaban J connectivity index is 1.84. The maximum Gasteiger partial charge on any atom is 0.277 e. The maximum atomic E-state index is 13.2. The van der Waals surface area contributed by atoms with Crippen LogP contribution < -0.4 is 5.32 Å². The van der Waals surface area contributed by atoms with Crippen LogP contribution in [0.25, 0.3) is 5.76 Å². The van der Waals surface area contributed by atoms with Crippen molar-refractivity contribution in [3.63, 3.8) is 0 Å². The van der Waals surface area contributed by atoms with E-state index in [-0.39, 0.29) is 16.4 Å². The SMILES string of the molecule is CCCCCCCCCOC1=C(C(=O)Nc2cccc(C)n2)N(C)S(=O)(=O)c2ccccc21. The number of unbranched alkanes of at least 4 members (excludes halogenated alkanes) is 6. The lowest BCUT2D eigenvalue weighted by molar-refractivity contribution is -0.113. The minimum Gasteiger partial charge on any atom is -0.490 e. The molecule has 7 nitrogen and oxygen atoms in total. The number of carbonyl (C=O) groups is 1. The predicted octanol–water partition coefficient (Wildman–Crippen LogP) is 5.10. The number of carbonyl (C=O) groups excluding carboxylic acids is 1. The number of ether oxygens (including phenoxy) is 1.